The first-order chi connectivity index (χ1) is 11.9. The summed E-state index contributed by atoms with van der Waals surface area (Å²) in [5.41, 5.74) is 4.01. The lowest BCUT2D eigenvalue weighted by atomic mass is 9.96. The van der Waals surface area contributed by atoms with Crippen LogP contribution in [0.25, 0.3) is 6.08 Å². The smallest absolute Gasteiger partial charge is 0.272 e. The standard InChI is InChI=1S/C18H14ClN3O3/c1-11-7-14(4-6-17(11)22(24)25)18-16-9-15(19)5-3-13(16)8-12(2)21(10-23)20-18/h3-10H,1-2H3. The van der Waals surface area contributed by atoms with Gasteiger partial charge in [0.05, 0.1) is 10.6 Å². The predicted molar refractivity (Wildman–Crippen MR) is 96.5 cm³/mol. The molecule has 0 atom stereocenters. The van der Waals surface area contributed by atoms with Gasteiger partial charge in [-0.25, -0.2) is 5.01 Å². The lowest BCUT2D eigenvalue weighted by Crippen LogP contribution is -2.15. The molecule has 0 fully saturated rings. The SMILES string of the molecule is CC1=Cc2ccc(Cl)cc2C(c2ccc([N+](=O)[O-])c(C)c2)=NN1C=O. The van der Waals surface area contributed by atoms with Crippen LogP contribution in [0.2, 0.25) is 5.02 Å². The van der Waals surface area contributed by atoms with Gasteiger partial charge in [-0.2, -0.15) is 5.10 Å². The number of fused-ring (bicyclic) bond motifs is 1. The maximum Gasteiger partial charge on any atom is 0.272 e. The van der Waals surface area contributed by atoms with Gasteiger partial charge in [0, 0.05) is 33.5 Å². The van der Waals surface area contributed by atoms with Gasteiger partial charge in [-0.1, -0.05) is 17.7 Å². The molecule has 0 saturated carbocycles. The second-order valence-corrected chi connectivity index (χ2v) is 6.11. The van der Waals surface area contributed by atoms with Crippen molar-refractivity contribution in [2.24, 2.45) is 5.10 Å². The number of nitro benzene ring substituents is 1. The molecule has 0 bridgehead atoms. The summed E-state index contributed by atoms with van der Waals surface area (Å²) in [6.45, 7) is 3.44. The zero-order valence-corrected chi connectivity index (χ0v) is 14.3. The number of nitrogens with zero attached hydrogens (tertiary/aromatic N) is 3. The van der Waals surface area contributed by atoms with Crippen molar-refractivity contribution >= 4 is 35.5 Å². The molecule has 0 unspecified atom stereocenters. The molecule has 1 aliphatic heterocycles. The maximum absolute atomic E-state index is 11.4. The van der Waals surface area contributed by atoms with E-state index in [9.17, 15) is 14.9 Å². The van der Waals surface area contributed by atoms with Crippen molar-refractivity contribution in [1.29, 1.82) is 0 Å². The summed E-state index contributed by atoms with van der Waals surface area (Å²) in [5, 5.41) is 17.2. The van der Waals surface area contributed by atoms with Crippen LogP contribution >= 0.6 is 11.6 Å². The first kappa shape index (κ1) is 16.9. The van der Waals surface area contributed by atoms with Crippen molar-refractivity contribution < 1.29 is 9.72 Å². The van der Waals surface area contributed by atoms with Crippen LogP contribution in [0.5, 0.6) is 0 Å². The first-order valence-corrected chi connectivity index (χ1v) is 7.85. The Balaban J connectivity index is 2.24. The Bertz CT molecular complexity index is 951. The van der Waals surface area contributed by atoms with Gasteiger partial charge in [0.2, 0.25) is 6.41 Å². The van der Waals surface area contributed by atoms with Gasteiger partial charge in [-0.05, 0) is 49.8 Å². The highest BCUT2D eigenvalue weighted by Crippen LogP contribution is 2.28. The average Bonchev–Trinajstić information content (AvgIpc) is 2.70. The summed E-state index contributed by atoms with van der Waals surface area (Å²) in [4.78, 5) is 22.0. The third-order valence-electron chi connectivity index (χ3n) is 3.97. The number of hydrogen-bond acceptors (Lipinski definition) is 4. The summed E-state index contributed by atoms with van der Waals surface area (Å²) in [6.07, 6.45) is 2.46. The number of hydrazone groups is 1. The molecule has 3 rings (SSSR count). The van der Waals surface area contributed by atoms with Crippen molar-refractivity contribution in [2.45, 2.75) is 13.8 Å². The molecule has 126 valence electrons. The zero-order chi connectivity index (χ0) is 18.1. The highest BCUT2D eigenvalue weighted by Gasteiger charge is 2.20. The average molecular weight is 356 g/mol. The number of halogens is 1. The summed E-state index contributed by atoms with van der Waals surface area (Å²) in [7, 11) is 0. The number of amides is 1. The van der Waals surface area contributed by atoms with Crippen LogP contribution in [0.4, 0.5) is 5.69 Å². The molecule has 2 aromatic carbocycles. The van der Waals surface area contributed by atoms with E-state index in [1.165, 1.54) is 11.1 Å². The number of hydrogen-bond donors (Lipinski definition) is 0. The molecule has 0 aliphatic carbocycles. The van der Waals surface area contributed by atoms with Gasteiger partial charge in [-0.3, -0.25) is 14.9 Å². The molecular weight excluding hydrogens is 342 g/mol. The van der Waals surface area contributed by atoms with E-state index < -0.39 is 4.92 Å². The number of allylic oxidation sites excluding steroid dienone is 1. The van der Waals surface area contributed by atoms with Crippen molar-refractivity contribution in [3.8, 4) is 0 Å². The molecule has 1 heterocycles. The van der Waals surface area contributed by atoms with E-state index in [-0.39, 0.29) is 5.69 Å². The fraction of sp³-hybridized carbons (Fsp3) is 0.111. The van der Waals surface area contributed by atoms with E-state index >= 15 is 0 Å². The van der Waals surface area contributed by atoms with E-state index in [1.807, 2.05) is 12.1 Å². The van der Waals surface area contributed by atoms with Crippen LogP contribution in [0.3, 0.4) is 0 Å². The topological polar surface area (TPSA) is 75.8 Å². The lowest BCUT2D eigenvalue weighted by molar-refractivity contribution is -0.385. The molecular formula is C18H14ClN3O3. The van der Waals surface area contributed by atoms with E-state index in [0.29, 0.717) is 34.0 Å². The Morgan fingerprint density at radius 1 is 1.20 bits per heavy atom. The molecule has 0 spiro atoms. The lowest BCUT2D eigenvalue weighted by Gasteiger charge is -2.13. The van der Waals surface area contributed by atoms with Crippen LogP contribution in [0, 0.1) is 17.0 Å². The summed E-state index contributed by atoms with van der Waals surface area (Å²) < 4.78 is 0. The molecule has 6 nitrogen and oxygen atoms in total. The van der Waals surface area contributed by atoms with Gasteiger partial charge in [0.15, 0.2) is 0 Å². The number of carbonyl (C=O) groups is 1. The van der Waals surface area contributed by atoms with Crippen molar-refractivity contribution in [3.63, 3.8) is 0 Å². The predicted octanol–water partition coefficient (Wildman–Crippen LogP) is 4.14. The third-order valence-corrected chi connectivity index (χ3v) is 4.21. The number of carbonyl (C=O) groups excluding carboxylic acids is 1. The van der Waals surface area contributed by atoms with E-state index in [0.717, 1.165) is 11.1 Å². The summed E-state index contributed by atoms with van der Waals surface area (Å²) >= 11 is 6.14. The van der Waals surface area contributed by atoms with Gasteiger partial charge in [0.25, 0.3) is 5.69 Å². The number of nitro groups is 1. The quantitative estimate of drug-likeness (QED) is 0.471. The van der Waals surface area contributed by atoms with E-state index in [4.69, 9.17) is 11.6 Å². The number of rotatable bonds is 3. The molecule has 0 saturated heterocycles. The van der Waals surface area contributed by atoms with Crippen LogP contribution in [0.1, 0.15) is 29.2 Å². The minimum atomic E-state index is -0.428. The highest BCUT2D eigenvalue weighted by molar-refractivity contribution is 6.31. The third kappa shape index (κ3) is 3.16. The van der Waals surface area contributed by atoms with E-state index in [1.54, 1.807) is 38.1 Å². The van der Waals surface area contributed by atoms with Gasteiger partial charge < -0.3 is 0 Å². The monoisotopic (exact) mass is 355 g/mol. The molecule has 0 N–H and O–H groups in total. The Morgan fingerprint density at radius 2 is 1.96 bits per heavy atom. The molecule has 2 aromatic rings. The second kappa shape index (κ2) is 6.49. The summed E-state index contributed by atoms with van der Waals surface area (Å²) in [5.74, 6) is 0. The highest BCUT2D eigenvalue weighted by atomic mass is 35.5. The van der Waals surface area contributed by atoms with Crippen molar-refractivity contribution in [1.82, 2.24) is 5.01 Å². The number of aryl methyl sites for hydroxylation is 1. The van der Waals surface area contributed by atoms with Crippen LogP contribution in [-0.4, -0.2) is 22.1 Å². The Hall–Kier alpha value is -2.99. The fourth-order valence-electron chi connectivity index (χ4n) is 2.72. The minimum Gasteiger partial charge on any atom is -0.276 e. The maximum atomic E-state index is 11.4. The first-order valence-electron chi connectivity index (χ1n) is 7.47. The molecule has 7 heteroatoms. The number of benzene rings is 2. The van der Waals surface area contributed by atoms with Crippen molar-refractivity contribution in [2.75, 3.05) is 0 Å². The van der Waals surface area contributed by atoms with Crippen molar-refractivity contribution in [3.05, 3.63) is 79.5 Å². The fourth-order valence-corrected chi connectivity index (χ4v) is 2.89. The molecule has 25 heavy (non-hydrogen) atoms. The van der Waals surface area contributed by atoms with Gasteiger partial charge in [0.1, 0.15) is 0 Å². The Kier molecular flexibility index (Phi) is 4.37. The van der Waals surface area contributed by atoms with Crippen LogP contribution in [0.15, 0.2) is 47.2 Å². The molecule has 0 aromatic heterocycles. The van der Waals surface area contributed by atoms with E-state index in [2.05, 4.69) is 5.10 Å². The van der Waals surface area contributed by atoms with Gasteiger partial charge >= 0.3 is 0 Å². The largest absolute Gasteiger partial charge is 0.276 e. The Labute approximate surface area is 149 Å². The minimum absolute atomic E-state index is 0.0332. The van der Waals surface area contributed by atoms with Crippen LogP contribution in [-0.2, 0) is 4.79 Å². The normalized spacial score (nSPS) is 13.5. The van der Waals surface area contributed by atoms with Gasteiger partial charge in [-0.15, -0.1) is 0 Å². The molecule has 1 amide bonds. The Morgan fingerprint density at radius 3 is 2.60 bits per heavy atom. The second-order valence-electron chi connectivity index (χ2n) is 5.67. The zero-order valence-electron chi connectivity index (χ0n) is 13.6. The summed E-state index contributed by atoms with van der Waals surface area (Å²) in [6, 6.07) is 10.1. The molecule has 0 radical (unpaired) electrons. The van der Waals surface area contributed by atoms with Crippen LogP contribution < -0.4 is 0 Å². The molecule has 1 aliphatic rings.